The van der Waals surface area contributed by atoms with E-state index in [4.69, 9.17) is 4.74 Å². The van der Waals surface area contributed by atoms with Gasteiger partial charge in [0.25, 0.3) is 0 Å². The zero-order chi connectivity index (χ0) is 18.5. The predicted molar refractivity (Wildman–Crippen MR) is 106 cm³/mol. The summed E-state index contributed by atoms with van der Waals surface area (Å²) in [6.45, 7) is 1.33. The first-order valence-electron chi connectivity index (χ1n) is 10.1. The molecule has 1 N–H and O–H groups in total. The van der Waals surface area contributed by atoms with Gasteiger partial charge in [0.2, 0.25) is 5.91 Å². The molecule has 142 valence electrons. The molecule has 1 aromatic carbocycles. The van der Waals surface area contributed by atoms with Crippen molar-refractivity contribution in [3.05, 3.63) is 54.4 Å². The summed E-state index contributed by atoms with van der Waals surface area (Å²) in [6.07, 6.45) is 10.7. The van der Waals surface area contributed by atoms with Crippen molar-refractivity contribution in [1.82, 2.24) is 10.3 Å². The SMILES string of the molecule is O=C(NC1CCCC1)C1(Cc2cccc(-c3cccnc3)c2)CCOCC1. The molecule has 4 heteroatoms. The van der Waals surface area contributed by atoms with Gasteiger partial charge >= 0.3 is 0 Å². The van der Waals surface area contributed by atoms with Crippen molar-refractivity contribution in [2.45, 2.75) is 51.0 Å². The minimum absolute atomic E-state index is 0.226. The van der Waals surface area contributed by atoms with Gasteiger partial charge in [0.15, 0.2) is 0 Å². The monoisotopic (exact) mass is 364 g/mol. The van der Waals surface area contributed by atoms with E-state index < -0.39 is 0 Å². The van der Waals surface area contributed by atoms with Crippen LogP contribution in [-0.2, 0) is 16.0 Å². The summed E-state index contributed by atoms with van der Waals surface area (Å²) >= 11 is 0. The van der Waals surface area contributed by atoms with Gasteiger partial charge in [-0.25, -0.2) is 0 Å². The highest BCUT2D eigenvalue weighted by Gasteiger charge is 2.41. The van der Waals surface area contributed by atoms with Gasteiger partial charge in [0, 0.05) is 31.6 Å². The lowest BCUT2D eigenvalue weighted by Crippen LogP contribution is -2.48. The molecule has 2 aromatic rings. The van der Waals surface area contributed by atoms with Crippen molar-refractivity contribution in [2.75, 3.05) is 13.2 Å². The van der Waals surface area contributed by atoms with Crippen molar-refractivity contribution < 1.29 is 9.53 Å². The van der Waals surface area contributed by atoms with Gasteiger partial charge in [-0.2, -0.15) is 0 Å². The van der Waals surface area contributed by atoms with Crippen LogP contribution in [0.25, 0.3) is 11.1 Å². The molecule has 1 aliphatic carbocycles. The number of hydrogen-bond acceptors (Lipinski definition) is 3. The maximum atomic E-state index is 13.3. The smallest absolute Gasteiger partial charge is 0.226 e. The predicted octanol–water partition coefficient (Wildman–Crippen LogP) is 4.15. The number of benzene rings is 1. The van der Waals surface area contributed by atoms with E-state index >= 15 is 0 Å². The largest absolute Gasteiger partial charge is 0.381 e. The van der Waals surface area contributed by atoms with Crippen molar-refractivity contribution in [3.8, 4) is 11.1 Å². The van der Waals surface area contributed by atoms with Crippen LogP contribution in [0.4, 0.5) is 0 Å². The molecule has 27 heavy (non-hydrogen) atoms. The minimum Gasteiger partial charge on any atom is -0.381 e. The highest BCUT2D eigenvalue weighted by Crippen LogP contribution is 2.36. The summed E-state index contributed by atoms with van der Waals surface area (Å²) in [5.41, 5.74) is 3.11. The van der Waals surface area contributed by atoms with Crippen LogP contribution in [0.1, 0.15) is 44.1 Å². The number of pyridine rings is 1. The molecule has 2 heterocycles. The Balaban J connectivity index is 1.55. The highest BCUT2D eigenvalue weighted by atomic mass is 16.5. The Hall–Kier alpha value is -2.20. The first-order chi connectivity index (χ1) is 13.3. The Morgan fingerprint density at radius 2 is 1.89 bits per heavy atom. The normalized spacial score (nSPS) is 19.7. The first kappa shape index (κ1) is 18.2. The summed E-state index contributed by atoms with van der Waals surface area (Å²) in [4.78, 5) is 17.5. The Morgan fingerprint density at radius 3 is 2.63 bits per heavy atom. The second-order valence-corrected chi connectivity index (χ2v) is 7.97. The molecule has 0 atom stereocenters. The molecule has 2 aliphatic rings. The van der Waals surface area contributed by atoms with E-state index in [1.807, 2.05) is 12.3 Å². The van der Waals surface area contributed by atoms with Gasteiger partial charge < -0.3 is 10.1 Å². The van der Waals surface area contributed by atoms with E-state index in [2.05, 4.69) is 40.6 Å². The van der Waals surface area contributed by atoms with E-state index in [-0.39, 0.29) is 11.3 Å². The number of amides is 1. The number of carbonyl (C=O) groups is 1. The molecule has 0 radical (unpaired) electrons. The second kappa shape index (κ2) is 8.22. The van der Waals surface area contributed by atoms with Gasteiger partial charge in [0.05, 0.1) is 5.41 Å². The molecule has 1 saturated heterocycles. The maximum absolute atomic E-state index is 13.3. The maximum Gasteiger partial charge on any atom is 0.226 e. The molecule has 1 amide bonds. The van der Waals surface area contributed by atoms with Crippen LogP contribution >= 0.6 is 0 Å². The van der Waals surface area contributed by atoms with Crippen LogP contribution in [0.2, 0.25) is 0 Å². The van der Waals surface area contributed by atoms with Crippen LogP contribution < -0.4 is 5.32 Å². The molecule has 0 unspecified atom stereocenters. The van der Waals surface area contributed by atoms with Crippen molar-refractivity contribution in [2.24, 2.45) is 5.41 Å². The van der Waals surface area contributed by atoms with Gasteiger partial charge in [-0.05, 0) is 54.9 Å². The molecular weight excluding hydrogens is 336 g/mol. The second-order valence-electron chi connectivity index (χ2n) is 7.97. The molecular formula is C23H28N2O2. The Labute approximate surface area is 161 Å². The molecule has 1 aromatic heterocycles. The molecule has 1 aliphatic heterocycles. The molecule has 4 rings (SSSR count). The minimum atomic E-state index is -0.353. The van der Waals surface area contributed by atoms with Crippen molar-refractivity contribution in [3.63, 3.8) is 0 Å². The van der Waals surface area contributed by atoms with Gasteiger partial charge in [-0.3, -0.25) is 9.78 Å². The van der Waals surface area contributed by atoms with E-state index in [1.54, 1.807) is 6.20 Å². The molecule has 4 nitrogen and oxygen atoms in total. The van der Waals surface area contributed by atoms with Gasteiger partial charge in [-0.15, -0.1) is 0 Å². The molecule has 2 fully saturated rings. The summed E-state index contributed by atoms with van der Waals surface area (Å²) < 4.78 is 5.59. The van der Waals surface area contributed by atoms with E-state index in [0.29, 0.717) is 19.3 Å². The topological polar surface area (TPSA) is 51.2 Å². The zero-order valence-electron chi connectivity index (χ0n) is 15.8. The standard InChI is InChI=1S/C23H28N2O2/c26-22(25-21-8-1-2-9-21)23(10-13-27-14-11-23)16-18-5-3-6-19(15-18)20-7-4-12-24-17-20/h3-7,12,15,17,21H,1-2,8-11,13-14,16H2,(H,25,26). The van der Waals surface area contributed by atoms with Crippen LogP contribution in [0, 0.1) is 5.41 Å². The van der Waals surface area contributed by atoms with E-state index in [1.165, 1.54) is 18.4 Å². The quantitative estimate of drug-likeness (QED) is 0.867. The highest BCUT2D eigenvalue weighted by molar-refractivity contribution is 5.83. The fraction of sp³-hybridized carbons (Fsp3) is 0.478. The van der Waals surface area contributed by atoms with Gasteiger partial charge in [-0.1, -0.05) is 43.2 Å². The number of rotatable bonds is 5. The summed E-state index contributed by atoms with van der Waals surface area (Å²) in [6, 6.07) is 12.9. The van der Waals surface area contributed by atoms with Crippen LogP contribution in [0.3, 0.4) is 0 Å². The average molecular weight is 364 g/mol. The van der Waals surface area contributed by atoms with Crippen LogP contribution in [-0.4, -0.2) is 30.1 Å². The lowest BCUT2D eigenvalue weighted by atomic mass is 9.74. The van der Waals surface area contributed by atoms with E-state index in [9.17, 15) is 4.79 Å². The average Bonchev–Trinajstić information content (AvgIpc) is 3.23. The fourth-order valence-electron chi connectivity index (χ4n) is 4.44. The Kier molecular flexibility index (Phi) is 5.53. The van der Waals surface area contributed by atoms with E-state index in [0.717, 1.165) is 43.2 Å². The Bertz CT molecular complexity index is 763. The van der Waals surface area contributed by atoms with Crippen molar-refractivity contribution >= 4 is 5.91 Å². The number of aromatic nitrogens is 1. The lowest BCUT2D eigenvalue weighted by Gasteiger charge is -2.37. The number of ether oxygens (including phenoxy) is 1. The summed E-state index contributed by atoms with van der Waals surface area (Å²) in [7, 11) is 0. The summed E-state index contributed by atoms with van der Waals surface area (Å²) in [5, 5.41) is 3.35. The first-order valence-corrected chi connectivity index (χ1v) is 10.1. The number of hydrogen-bond donors (Lipinski definition) is 1. The van der Waals surface area contributed by atoms with Gasteiger partial charge in [0.1, 0.15) is 0 Å². The number of nitrogens with one attached hydrogen (secondary N) is 1. The fourth-order valence-corrected chi connectivity index (χ4v) is 4.44. The summed E-state index contributed by atoms with van der Waals surface area (Å²) in [5.74, 6) is 0.226. The zero-order valence-corrected chi connectivity index (χ0v) is 15.8. The molecule has 0 spiro atoms. The lowest BCUT2D eigenvalue weighted by molar-refractivity contribution is -0.137. The van der Waals surface area contributed by atoms with Crippen LogP contribution in [0.15, 0.2) is 48.8 Å². The van der Waals surface area contributed by atoms with Crippen molar-refractivity contribution in [1.29, 1.82) is 0 Å². The number of nitrogens with zero attached hydrogens (tertiary/aromatic N) is 1. The molecule has 1 saturated carbocycles. The third-order valence-electron chi connectivity index (χ3n) is 6.09. The number of carbonyl (C=O) groups excluding carboxylic acids is 1. The Morgan fingerprint density at radius 1 is 1.11 bits per heavy atom. The third kappa shape index (κ3) is 4.22. The third-order valence-corrected chi connectivity index (χ3v) is 6.09. The molecule has 0 bridgehead atoms. The van der Waals surface area contributed by atoms with Crippen LogP contribution in [0.5, 0.6) is 0 Å².